The van der Waals surface area contributed by atoms with Crippen molar-refractivity contribution in [3.8, 4) is 50.9 Å². The summed E-state index contributed by atoms with van der Waals surface area (Å²) >= 11 is 6.31. The summed E-state index contributed by atoms with van der Waals surface area (Å²) in [6.45, 7) is 0. The van der Waals surface area contributed by atoms with Crippen LogP contribution in [0.25, 0.3) is 33.6 Å². The fourth-order valence-electron chi connectivity index (χ4n) is 3.05. The predicted molar refractivity (Wildman–Crippen MR) is 107 cm³/mol. The van der Waals surface area contributed by atoms with Gasteiger partial charge in [-0.25, -0.2) is 0 Å². The van der Waals surface area contributed by atoms with Crippen LogP contribution in [0.3, 0.4) is 0 Å². The summed E-state index contributed by atoms with van der Waals surface area (Å²) in [5.74, 6) is 0.494. The van der Waals surface area contributed by atoms with Crippen molar-refractivity contribution in [2.45, 2.75) is 0 Å². The van der Waals surface area contributed by atoms with Crippen molar-refractivity contribution in [2.24, 2.45) is 0 Å². The number of benzene rings is 3. The number of halogens is 1. The topological polar surface area (TPSA) is 76.5 Å². The molecule has 0 unspecified atom stereocenters. The largest absolute Gasteiger partial charge is 0.508 e. The van der Waals surface area contributed by atoms with E-state index >= 15 is 0 Å². The number of hydrogen-bond acceptors (Lipinski definition) is 3. The Morgan fingerprint density at radius 3 is 1.74 bits per heavy atom. The number of H-pyrrole nitrogens is 1. The molecule has 0 atom stereocenters. The van der Waals surface area contributed by atoms with Crippen LogP contribution < -0.4 is 0 Å². The maximum atomic E-state index is 9.61. The molecule has 0 fully saturated rings. The second kappa shape index (κ2) is 6.74. The lowest BCUT2D eigenvalue weighted by Crippen LogP contribution is -1.83. The summed E-state index contributed by atoms with van der Waals surface area (Å²) < 4.78 is 0. The van der Waals surface area contributed by atoms with Gasteiger partial charge in [0.1, 0.15) is 17.2 Å². The van der Waals surface area contributed by atoms with Gasteiger partial charge >= 0.3 is 0 Å². The molecule has 27 heavy (non-hydrogen) atoms. The van der Waals surface area contributed by atoms with Gasteiger partial charge in [-0.1, -0.05) is 23.7 Å². The molecule has 1 heterocycles. The first kappa shape index (κ1) is 17.1. The molecule has 0 spiro atoms. The standard InChI is InChI=1S/C22H16ClNO3/c23-20-11-17(27)9-10-18(20)21-12-19(13-1-5-15(25)6-2-13)22(24-21)14-3-7-16(26)8-4-14/h1-12,24-27H. The lowest BCUT2D eigenvalue weighted by atomic mass is 10.0. The van der Waals surface area contributed by atoms with Crippen LogP contribution in [0.1, 0.15) is 0 Å². The fraction of sp³-hybridized carbons (Fsp3) is 0. The Balaban J connectivity index is 1.91. The first-order chi connectivity index (χ1) is 13.0. The second-order valence-corrected chi connectivity index (χ2v) is 6.64. The molecule has 1 aromatic heterocycles. The zero-order valence-corrected chi connectivity index (χ0v) is 14.9. The molecule has 0 aliphatic heterocycles. The van der Waals surface area contributed by atoms with E-state index in [-0.39, 0.29) is 17.2 Å². The Morgan fingerprint density at radius 1 is 0.593 bits per heavy atom. The highest BCUT2D eigenvalue weighted by Crippen LogP contribution is 2.39. The molecule has 0 saturated heterocycles. The van der Waals surface area contributed by atoms with Crippen molar-refractivity contribution in [2.75, 3.05) is 0 Å². The van der Waals surface area contributed by atoms with Crippen molar-refractivity contribution in [3.05, 3.63) is 77.8 Å². The van der Waals surface area contributed by atoms with Crippen molar-refractivity contribution >= 4 is 11.6 Å². The third-order valence-corrected chi connectivity index (χ3v) is 4.71. The maximum Gasteiger partial charge on any atom is 0.117 e. The molecule has 3 aromatic carbocycles. The lowest BCUT2D eigenvalue weighted by Gasteiger charge is -2.05. The Kier molecular flexibility index (Phi) is 4.26. The number of phenolic OH excluding ortho intramolecular Hbond substituents is 3. The van der Waals surface area contributed by atoms with E-state index in [1.54, 1.807) is 36.4 Å². The molecular formula is C22H16ClNO3. The minimum atomic E-state index is 0.104. The summed E-state index contributed by atoms with van der Waals surface area (Å²) in [7, 11) is 0. The van der Waals surface area contributed by atoms with Crippen LogP contribution in [0, 0.1) is 0 Å². The number of hydrogen-bond donors (Lipinski definition) is 4. The van der Waals surface area contributed by atoms with E-state index in [9.17, 15) is 15.3 Å². The van der Waals surface area contributed by atoms with E-state index in [1.807, 2.05) is 30.3 Å². The Bertz CT molecular complexity index is 1040. The smallest absolute Gasteiger partial charge is 0.117 e. The third kappa shape index (κ3) is 3.35. The molecule has 0 amide bonds. The molecule has 0 radical (unpaired) electrons. The van der Waals surface area contributed by atoms with Crippen molar-refractivity contribution < 1.29 is 15.3 Å². The van der Waals surface area contributed by atoms with Crippen LogP contribution in [0.15, 0.2) is 72.8 Å². The minimum absolute atomic E-state index is 0.104. The zero-order chi connectivity index (χ0) is 19.0. The number of rotatable bonds is 3. The Morgan fingerprint density at radius 2 is 1.15 bits per heavy atom. The molecule has 0 bridgehead atoms. The lowest BCUT2D eigenvalue weighted by molar-refractivity contribution is 0.475. The molecule has 0 saturated carbocycles. The highest BCUT2D eigenvalue weighted by atomic mass is 35.5. The number of aromatic nitrogens is 1. The molecule has 4 aromatic rings. The van der Waals surface area contributed by atoms with Gasteiger partial charge in [-0.15, -0.1) is 0 Å². The number of aromatic amines is 1. The van der Waals surface area contributed by atoms with E-state index < -0.39 is 0 Å². The molecule has 4 N–H and O–H groups in total. The van der Waals surface area contributed by atoms with E-state index in [0.29, 0.717) is 5.02 Å². The molecule has 0 aliphatic carbocycles. The van der Waals surface area contributed by atoms with Crippen LogP contribution >= 0.6 is 11.6 Å². The Labute approximate surface area is 160 Å². The van der Waals surface area contributed by atoms with Gasteiger partial charge in [-0.05, 0) is 71.8 Å². The van der Waals surface area contributed by atoms with E-state index in [1.165, 1.54) is 6.07 Å². The average molecular weight is 378 g/mol. The highest BCUT2D eigenvalue weighted by molar-refractivity contribution is 6.33. The molecule has 4 rings (SSSR count). The second-order valence-electron chi connectivity index (χ2n) is 6.23. The van der Waals surface area contributed by atoms with Crippen LogP contribution in [-0.2, 0) is 0 Å². The van der Waals surface area contributed by atoms with E-state index in [2.05, 4.69) is 4.98 Å². The number of aromatic hydroxyl groups is 3. The predicted octanol–water partition coefficient (Wildman–Crippen LogP) is 5.79. The minimum Gasteiger partial charge on any atom is -0.508 e. The van der Waals surface area contributed by atoms with Crippen molar-refractivity contribution in [1.82, 2.24) is 4.98 Å². The third-order valence-electron chi connectivity index (χ3n) is 4.39. The van der Waals surface area contributed by atoms with Gasteiger partial charge in [0.25, 0.3) is 0 Å². The summed E-state index contributed by atoms with van der Waals surface area (Å²) in [6, 6.07) is 20.7. The normalized spacial score (nSPS) is 10.9. The van der Waals surface area contributed by atoms with Gasteiger partial charge in [0.05, 0.1) is 10.7 Å². The average Bonchev–Trinajstić information content (AvgIpc) is 3.08. The summed E-state index contributed by atoms with van der Waals surface area (Å²) in [6.07, 6.45) is 0. The van der Waals surface area contributed by atoms with Gasteiger partial charge in [0.2, 0.25) is 0 Å². The highest BCUT2D eigenvalue weighted by Gasteiger charge is 2.15. The van der Waals surface area contributed by atoms with Gasteiger partial charge in [-0.2, -0.15) is 0 Å². The van der Waals surface area contributed by atoms with Gasteiger partial charge in [0, 0.05) is 16.8 Å². The van der Waals surface area contributed by atoms with Crippen LogP contribution in [0.2, 0.25) is 5.02 Å². The maximum absolute atomic E-state index is 9.61. The summed E-state index contributed by atoms with van der Waals surface area (Å²) in [5, 5.41) is 29.2. The first-order valence-corrected chi connectivity index (χ1v) is 8.70. The first-order valence-electron chi connectivity index (χ1n) is 8.32. The molecule has 5 heteroatoms. The van der Waals surface area contributed by atoms with Gasteiger partial charge in [-0.3, -0.25) is 0 Å². The number of phenols is 3. The van der Waals surface area contributed by atoms with E-state index in [4.69, 9.17) is 11.6 Å². The van der Waals surface area contributed by atoms with E-state index in [0.717, 1.165) is 33.6 Å². The fourth-order valence-corrected chi connectivity index (χ4v) is 3.32. The monoisotopic (exact) mass is 377 g/mol. The van der Waals surface area contributed by atoms with Gasteiger partial charge in [0.15, 0.2) is 0 Å². The molecule has 134 valence electrons. The quantitative estimate of drug-likeness (QED) is 0.365. The Hall–Kier alpha value is -3.37. The zero-order valence-electron chi connectivity index (χ0n) is 14.1. The van der Waals surface area contributed by atoms with Crippen LogP contribution in [-0.4, -0.2) is 20.3 Å². The van der Waals surface area contributed by atoms with Crippen LogP contribution in [0.5, 0.6) is 17.2 Å². The summed E-state index contributed by atoms with van der Waals surface area (Å²) in [4.78, 5) is 3.40. The molecule has 0 aliphatic rings. The SMILES string of the molecule is Oc1ccc(-c2cc(-c3ccc(O)cc3Cl)[nH]c2-c2ccc(O)cc2)cc1. The van der Waals surface area contributed by atoms with Crippen LogP contribution in [0.4, 0.5) is 0 Å². The van der Waals surface area contributed by atoms with Crippen molar-refractivity contribution in [1.29, 1.82) is 0 Å². The molecular weight excluding hydrogens is 362 g/mol. The van der Waals surface area contributed by atoms with Crippen molar-refractivity contribution in [3.63, 3.8) is 0 Å². The molecule has 4 nitrogen and oxygen atoms in total. The summed E-state index contributed by atoms with van der Waals surface area (Å²) in [5.41, 5.74) is 5.18. The number of nitrogens with one attached hydrogen (secondary N) is 1. The van der Waals surface area contributed by atoms with Gasteiger partial charge < -0.3 is 20.3 Å².